The maximum Gasteiger partial charge on any atom is 0.344 e. The topological polar surface area (TPSA) is 108 Å². The first-order chi connectivity index (χ1) is 18.0. The first-order valence-electron chi connectivity index (χ1n) is 10.8. The highest BCUT2D eigenvalue weighted by atomic mass is 32.2. The summed E-state index contributed by atoms with van der Waals surface area (Å²) in [6.07, 6.45) is -0.949. The average Bonchev–Trinajstić information content (AvgIpc) is 2.89. The van der Waals surface area contributed by atoms with Crippen molar-refractivity contribution in [3.05, 3.63) is 77.4 Å². The van der Waals surface area contributed by atoms with Gasteiger partial charge < -0.3 is 18.9 Å². The van der Waals surface area contributed by atoms with Crippen molar-refractivity contribution >= 4 is 27.0 Å². The minimum absolute atomic E-state index is 0.308. The Balaban J connectivity index is 1.55. The number of hydrogen-bond acceptors (Lipinski definition) is 7. The van der Waals surface area contributed by atoms with Gasteiger partial charge in [0.15, 0.2) is 16.5 Å². The standard InChI is InChI=1S/C24H20F4O8S2/c1-33-13-6-8-14(9-7-13)37-11-10-34-17(12-37)36-24(29)15-4-2-3-5-16(15)35-22-18(25)20(27)23(38(30,31)32)21(28)19(22)26/h2-9,17,37H,10-12H2,1H3,(H,30,31,32). The van der Waals surface area contributed by atoms with Crippen LogP contribution in [0.5, 0.6) is 17.2 Å². The monoisotopic (exact) mass is 576 g/mol. The van der Waals surface area contributed by atoms with Crippen molar-refractivity contribution in [2.45, 2.75) is 16.1 Å². The molecule has 0 aromatic heterocycles. The predicted molar refractivity (Wildman–Crippen MR) is 128 cm³/mol. The van der Waals surface area contributed by atoms with Gasteiger partial charge in [0.2, 0.25) is 23.7 Å². The zero-order valence-electron chi connectivity index (χ0n) is 19.5. The lowest BCUT2D eigenvalue weighted by molar-refractivity contribution is -0.0943. The van der Waals surface area contributed by atoms with E-state index in [1.807, 2.05) is 24.3 Å². The Morgan fingerprint density at radius 2 is 1.63 bits per heavy atom. The molecule has 1 aliphatic rings. The summed E-state index contributed by atoms with van der Waals surface area (Å²) in [7, 11) is -4.83. The van der Waals surface area contributed by atoms with Gasteiger partial charge in [-0.05, 0) is 41.3 Å². The maximum atomic E-state index is 14.5. The van der Waals surface area contributed by atoms with Crippen LogP contribution in [0.25, 0.3) is 0 Å². The van der Waals surface area contributed by atoms with Crippen LogP contribution in [0.1, 0.15) is 10.4 Å². The molecule has 8 nitrogen and oxygen atoms in total. The molecule has 0 radical (unpaired) electrons. The highest BCUT2D eigenvalue weighted by molar-refractivity contribution is 8.17. The Bertz CT molecular complexity index is 1440. The number of benzene rings is 3. The molecule has 1 heterocycles. The Kier molecular flexibility index (Phi) is 8.16. The fraction of sp³-hybridized carbons (Fsp3) is 0.208. The first-order valence-corrected chi connectivity index (χ1v) is 14.0. The number of halogens is 4. The van der Waals surface area contributed by atoms with E-state index < -0.39 is 72.9 Å². The van der Waals surface area contributed by atoms with Gasteiger partial charge in [0.1, 0.15) is 17.1 Å². The third-order valence-electron chi connectivity index (χ3n) is 5.47. The van der Waals surface area contributed by atoms with E-state index in [0.717, 1.165) is 16.7 Å². The second kappa shape index (κ2) is 11.2. The van der Waals surface area contributed by atoms with Crippen LogP contribution in [-0.2, 0) is 19.6 Å². The van der Waals surface area contributed by atoms with Crippen LogP contribution in [0, 0.1) is 23.3 Å². The van der Waals surface area contributed by atoms with Gasteiger partial charge in [-0.15, -0.1) is 0 Å². The SMILES string of the molecule is COc1ccc([SH]2CCOC(OC(=O)c3ccccc3Oc3c(F)c(F)c(S(=O)(=O)O)c(F)c3F)C2)cc1. The Morgan fingerprint density at radius 1 is 1.00 bits per heavy atom. The Hall–Kier alpha value is -3.33. The molecule has 14 heteroatoms. The number of para-hydroxylation sites is 1. The normalized spacial score (nSPS) is 18.6. The largest absolute Gasteiger partial charge is 0.497 e. The second-order valence-electron chi connectivity index (χ2n) is 7.84. The van der Waals surface area contributed by atoms with E-state index in [9.17, 15) is 30.8 Å². The Labute approximate surface area is 217 Å². The molecule has 204 valence electrons. The van der Waals surface area contributed by atoms with Crippen molar-refractivity contribution in [2.24, 2.45) is 0 Å². The van der Waals surface area contributed by atoms with Crippen LogP contribution < -0.4 is 9.47 Å². The van der Waals surface area contributed by atoms with Crippen molar-refractivity contribution in [2.75, 3.05) is 25.2 Å². The molecule has 3 aromatic rings. The van der Waals surface area contributed by atoms with Gasteiger partial charge in [-0.3, -0.25) is 4.55 Å². The summed E-state index contributed by atoms with van der Waals surface area (Å²) in [5.41, 5.74) is -0.353. The molecule has 2 atom stereocenters. The van der Waals surface area contributed by atoms with Gasteiger partial charge >= 0.3 is 16.1 Å². The van der Waals surface area contributed by atoms with Gasteiger partial charge in [0.25, 0.3) is 0 Å². The van der Waals surface area contributed by atoms with E-state index >= 15 is 0 Å². The fourth-order valence-corrected chi connectivity index (χ4v) is 6.36. The van der Waals surface area contributed by atoms with E-state index in [0.29, 0.717) is 18.1 Å². The molecule has 0 spiro atoms. The summed E-state index contributed by atoms with van der Waals surface area (Å²) in [5, 5.41) is 0. The molecule has 3 aromatic carbocycles. The summed E-state index contributed by atoms with van der Waals surface area (Å²) < 4.78 is 110. The molecular formula is C24H20F4O8S2. The molecule has 1 saturated heterocycles. The number of thiol groups is 1. The minimum atomic E-state index is -5.64. The molecule has 0 bridgehead atoms. The molecule has 1 aliphatic heterocycles. The first kappa shape index (κ1) is 27.7. The lowest BCUT2D eigenvalue weighted by Crippen LogP contribution is -2.31. The van der Waals surface area contributed by atoms with Crippen LogP contribution >= 0.6 is 10.9 Å². The van der Waals surface area contributed by atoms with Crippen LogP contribution in [0.4, 0.5) is 17.6 Å². The van der Waals surface area contributed by atoms with Crippen LogP contribution in [0.2, 0.25) is 0 Å². The second-order valence-corrected chi connectivity index (χ2v) is 11.6. The number of methoxy groups -OCH3 is 1. The van der Waals surface area contributed by atoms with Crippen LogP contribution in [-0.4, -0.2) is 50.5 Å². The van der Waals surface area contributed by atoms with Crippen LogP contribution in [0.15, 0.2) is 58.3 Å². The van der Waals surface area contributed by atoms with Gasteiger partial charge in [0.05, 0.1) is 13.7 Å². The van der Waals surface area contributed by atoms with Crippen molar-refractivity contribution < 1.29 is 54.3 Å². The highest BCUT2D eigenvalue weighted by Gasteiger charge is 2.34. The van der Waals surface area contributed by atoms with Crippen molar-refractivity contribution in [3.63, 3.8) is 0 Å². The molecular weight excluding hydrogens is 556 g/mol. The highest BCUT2D eigenvalue weighted by Crippen LogP contribution is 2.41. The van der Waals surface area contributed by atoms with Crippen molar-refractivity contribution in [3.8, 4) is 17.2 Å². The molecule has 4 rings (SSSR count). The molecule has 38 heavy (non-hydrogen) atoms. The van der Waals surface area contributed by atoms with Gasteiger partial charge in [-0.25, -0.2) is 24.5 Å². The predicted octanol–water partition coefficient (Wildman–Crippen LogP) is 4.86. The zero-order valence-corrected chi connectivity index (χ0v) is 21.2. The summed E-state index contributed by atoms with van der Waals surface area (Å²) in [4.78, 5) is 11.7. The average molecular weight is 577 g/mol. The summed E-state index contributed by atoms with van der Waals surface area (Å²) in [5.74, 6) is -10.7. The zero-order chi connectivity index (χ0) is 27.6. The number of carbonyl (C=O) groups is 1. The summed E-state index contributed by atoms with van der Waals surface area (Å²) >= 11 is 0. The van der Waals surface area contributed by atoms with Gasteiger partial charge in [-0.2, -0.15) is 17.2 Å². The van der Waals surface area contributed by atoms with Gasteiger partial charge in [0, 0.05) is 11.5 Å². The number of rotatable bonds is 7. The lowest BCUT2D eigenvalue weighted by atomic mass is 10.2. The van der Waals surface area contributed by atoms with Crippen molar-refractivity contribution in [1.29, 1.82) is 0 Å². The smallest absolute Gasteiger partial charge is 0.344 e. The fourth-order valence-electron chi connectivity index (χ4n) is 3.64. The molecule has 0 amide bonds. The number of hydrogen-bond donors (Lipinski definition) is 2. The van der Waals surface area contributed by atoms with E-state index in [2.05, 4.69) is 0 Å². The van der Waals surface area contributed by atoms with E-state index in [-0.39, 0.29) is 5.56 Å². The number of esters is 1. The summed E-state index contributed by atoms with van der Waals surface area (Å²) in [6.45, 7) is 0.308. The maximum absolute atomic E-state index is 14.5. The number of ether oxygens (including phenoxy) is 4. The van der Waals surface area contributed by atoms with E-state index in [1.54, 1.807) is 7.11 Å². The molecule has 0 aliphatic carbocycles. The van der Waals surface area contributed by atoms with Gasteiger partial charge in [-0.1, -0.05) is 12.1 Å². The number of carbonyl (C=O) groups excluding carboxylic acids is 1. The third kappa shape index (κ3) is 5.72. The third-order valence-corrected chi connectivity index (χ3v) is 8.83. The Morgan fingerprint density at radius 3 is 2.24 bits per heavy atom. The molecule has 0 saturated carbocycles. The van der Waals surface area contributed by atoms with E-state index in [1.165, 1.54) is 18.2 Å². The lowest BCUT2D eigenvalue weighted by Gasteiger charge is -2.32. The van der Waals surface area contributed by atoms with Crippen LogP contribution in [0.3, 0.4) is 0 Å². The van der Waals surface area contributed by atoms with Crippen molar-refractivity contribution in [1.82, 2.24) is 0 Å². The molecule has 1 N–H and O–H groups in total. The molecule has 2 unspecified atom stereocenters. The minimum Gasteiger partial charge on any atom is -0.497 e. The molecule has 1 fully saturated rings. The quantitative estimate of drug-likeness (QED) is 0.135. The van der Waals surface area contributed by atoms with E-state index in [4.69, 9.17) is 23.5 Å². The summed E-state index contributed by atoms with van der Waals surface area (Å²) in [6, 6.07) is 12.4.